The average Bonchev–Trinajstić information content (AvgIpc) is 3.02. The van der Waals surface area contributed by atoms with Crippen LogP contribution in [0, 0.1) is 5.92 Å². The molecule has 0 bridgehead atoms. The summed E-state index contributed by atoms with van der Waals surface area (Å²) in [5, 5.41) is 0. The molecule has 8 nitrogen and oxygen atoms in total. The van der Waals surface area contributed by atoms with Gasteiger partial charge < -0.3 is 14.0 Å². The van der Waals surface area contributed by atoms with Crippen molar-refractivity contribution in [3.63, 3.8) is 0 Å². The van der Waals surface area contributed by atoms with E-state index in [1.807, 2.05) is 16.7 Å². The van der Waals surface area contributed by atoms with Crippen LogP contribution >= 0.6 is 11.3 Å². The van der Waals surface area contributed by atoms with E-state index in [-0.39, 0.29) is 12.5 Å². The summed E-state index contributed by atoms with van der Waals surface area (Å²) in [6.07, 6.45) is 4.18. The van der Waals surface area contributed by atoms with E-state index in [0.29, 0.717) is 42.2 Å². The number of allylic oxidation sites excluding steroid dienone is 1. The zero-order valence-corrected chi connectivity index (χ0v) is 18.4. The van der Waals surface area contributed by atoms with Gasteiger partial charge in [-0.2, -0.15) is 4.99 Å². The lowest BCUT2D eigenvalue weighted by molar-refractivity contribution is -0.122. The van der Waals surface area contributed by atoms with Crippen LogP contribution in [0.1, 0.15) is 12.8 Å². The van der Waals surface area contributed by atoms with Crippen molar-refractivity contribution in [2.75, 3.05) is 33.6 Å². The van der Waals surface area contributed by atoms with E-state index >= 15 is 0 Å². The van der Waals surface area contributed by atoms with Crippen LogP contribution in [-0.4, -0.2) is 56.8 Å². The fraction of sp³-hybridized carbons (Fsp3) is 0.474. The molecule has 0 N–H and O–H groups in total. The number of hydrogen-bond donors (Lipinski definition) is 0. The van der Waals surface area contributed by atoms with E-state index in [9.17, 15) is 13.2 Å². The molecule has 1 aromatic heterocycles. The van der Waals surface area contributed by atoms with Crippen molar-refractivity contribution in [2.45, 2.75) is 19.4 Å². The standard InChI is InChI=1S/C19H25N3O5S2/c1-5-8-22-14-10-15(26-2)16(27-3)11-17(14)28-19(22)20-18(23)13-7-6-9-21(12-13)29(4,24)25/h5,10-11,13H,1,6-9,12H2,2-4H3. The molecule has 1 saturated heterocycles. The minimum absolute atomic E-state index is 0.176. The van der Waals surface area contributed by atoms with Crippen LogP contribution in [-0.2, 0) is 21.4 Å². The van der Waals surface area contributed by atoms with Gasteiger partial charge in [0.1, 0.15) is 0 Å². The van der Waals surface area contributed by atoms with Crippen molar-refractivity contribution in [3.05, 3.63) is 29.6 Å². The highest BCUT2D eigenvalue weighted by Crippen LogP contribution is 2.33. The molecule has 3 rings (SSSR count). The number of benzene rings is 1. The smallest absolute Gasteiger partial charge is 0.252 e. The van der Waals surface area contributed by atoms with E-state index in [0.717, 1.165) is 10.2 Å². The molecule has 2 aromatic rings. The molecule has 0 radical (unpaired) electrons. The normalized spacial score (nSPS) is 18.7. The van der Waals surface area contributed by atoms with Crippen LogP contribution in [0.5, 0.6) is 11.5 Å². The molecule has 158 valence electrons. The van der Waals surface area contributed by atoms with E-state index in [1.165, 1.54) is 21.9 Å². The van der Waals surface area contributed by atoms with Gasteiger partial charge >= 0.3 is 0 Å². The van der Waals surface area contributed by atoms with Gasteiger partial charge in [-0.1, -0.05) is 17.4 Å². The number of thiazole rings is 1. The minimum atomic E-state index is -3.32. The van der Waals surface area contributed by atoms with Gasteiger partial charge in [0.05, 0.1) is 36.6 Å². The number of carbonyl (C=O) groups is 1. The molecule has 1 aliphatic rings. The second kappa shape index (κ2) is 8.68. The van der Waals surface area contributed by atoms with E-state index in [1.54, 1.807) is 20.3 Å². The third kappa shape index (κ3) is 4.54. The van der Waals surface area contributed by atoms with Gasteiger partial charge in [-0.3, -0.25) is 4.79 Å². The molecule has 10 heteroatoms. The summed E-state index contributed by atoms with van der Waals surface area (Å²) in [5.41, 5.74) is 0.862. The molecule has 0 saturated carbocycles. The Hall–Kier alpha value is -2.17. The molecule has 29 heavy (non-hydrogen) atoms. The molecule has 1 amide bonds. The predicted molar refractivity (Wildman–Crippen MR) is 113 cm³/mol. The van der Waals surface area contributed by atoms with Crippen molar-refractivity contribution < 1.29 is 22.7 Å². The number of nitrogens with zero attached hydrogens (tertiary/aromatic N) is 3. The van der Waals surface area contributed by atoms with Crippen LogP contribution in [0.3, 0.4) is 0 Å². The van der Waals surface area contributed by atoms with Crippen molar-refractivity contribution in [1.82, 2.24) is 8.87 Å². The second-order valence-corrected chi connectivity index (χ2v) is 9.86. The molecular weight excluding hydrogens is 414 g/mol. The Balaban J connectivity index is 2.03. The number of carbonyl (C=O) groups excluding carboxylic acids is 1. The lowest BCUT2D eigenvalue weighted by Gasteiger charge is -2.28. The van der Waals surface area contributed by atoms with Gasteiger partial charge in [-0.25, -0.2) is 12.7 Å². The Morgan fingerprint density at radius 3 is 2.66 bits per heavy atom. The van der Waals surface area contributed by atoms with Crippen LogP contribution in [0.4, 0.5) is 0 Å². The Labute approximate surface area is 174 Å². The summed E-state index contributed by atoms with van der Waals surface area (Å²) in [6.45, 7) is 4.89. The summed E-state index contributed by atoms with van der Waals surface area (Å²) in [7, 11) is -0.183. The van der Waals surface area contributed by atoms with Crippen LogP contribution in [0.25, 0.3) is 10.2 Å². The first-order chi connectivity index (χ1) is 13.8. The maximum atomic E-state index is 12.8. The summed E-state index contributed by atoms with van der Waals surface area (Å²) >= 11 is 1.37. The Bertz CT molecular complexity index is 1100. The van der Waals surface area contributed by atoms with E-state index in [4.69, 9.17) is 9.47 Å². The van der Waals surface area contributed by atoms with Gasteiger partial charge in [0.15, 0.2) is 16.3 Å². The zero-order valence-electron chi connectivity index (χ0n) is 16.8. The van der Waals surface area contributed by atoms with Crippen molar-refractivity contribution in [2.24, 2.45) is 10.9 Å². The third-order valence-electron chi connectivity index (χ3n) is 4.91. The molecule has 1 aromatic carbocycles. The average molecular weight is 440 g/mol. The van der Waals surface area contributed by atoms with Crippen molar-refractivity contribution in [3.8, 4) is 11.5 Å². The van der Waals surface area contributed by atoms with Crippen molar-refractivity contribution >= 4 is 37.5 Å². The van der Waals surface area contributed by atoms with Gasteiger partial charge in [-0.15, -0.1) is 6.58 Å². The number of rotatable bonds is 6. The summed E-state index contributed by atoms with van der Waals surface area (Å²) in [5.74, 6) is 0.442. The summed E-state index contributed by atoms with van der Waals surface area (Å²) < 4.78 is 38.6. The maximum Gasteiger partial charge on any atom is 0.252 e. The minimum Gasteiger partial charge on any atom is -0.493 e. The quantitative estimate of drug-likeness (QED) is 0.642. The first kappa shape index (κ1) is 21.5. The second-order valence-electron chi connectivity index (χ2n) is 6.87. The van der Waals surface area contributed by atoms with E-state index < -0.39 is 15.9 Å². The summed E-state index contributed by atoms with van der Waals surface area (Å²) in [4.78, 5) is 17.7. The highest BCUT2D eigenvalue weighted by Gasteiger charge is 2.30. The molecular formula is C19H25N3O5S2. The van der Waals surface area contributed by atoms with E-state index in [2.05, 4.69) is 11.6 Å². The number of methoxy groups -OCH3 is 2. The highest BCUT2D eigenvalue weighted by molar-refractivity contribution is 7.88. The van der Waals surface area contributed by atoms with Crippen LogP contribution < -0.4 is 14.3 Å². The number of aromatic nitrogens is 1. The molecule has 1 atom stereocenters. The fourth-order valence-corrected chi connectivity index (χ4v) is 5.38. The lowest BCUT2D eigenvalue weighted by Crippen LogP contribution is -2.41. The number of ether oxygens (including phenoxy) is 2. The predicted octanol–water partition coefficient (Wildman–Crippen LogP) is 2.00. The molecule has 0 spiro atoms. The third-order valence-corrected chi connectivity index (χ3v) is 7.22. The number of fused-ring (bicyclic) bond motifs is 1. The number of amides is 1. The first-order valence-electron chi connectivity index (χ1n) is 9.18. The molecule has 0 aliphatic carbocycles. The Morgan fingerprint density at radius 1 is 1.34 bits per heavy atom. The van der Waals surface area contributed by atoms with Gasteiger partial charge in [-0.05, 0) is 12.8 Å². The zero-order chi connectivity index (χ0) is 21.2. The molecule has 1 aliphatic heterocycles. The van der Waals surface area contributed by atoms with Crippen LogP contribution in [0.15, 0.2) is 29.8 Å². The van der Waals surface area contributed by atoms with Gasteiger partial charge in [0.2, 0.25) is 10.0 Å². The molecule has 2 heterocycles. The molecule has 1 unspecified atom stereocenters. The SMILES string of the molecule is C=CCn1c(=NC(=O)C2CCCN(S(C)(=O)=O)C2)sc2cc(OC)c(OC)cc21. The Kier molecular flexibility index (Phi) is 6.45. The number of sulfonamides is 1. The van der Waals surface area contributed by atoms with Gasteiger partial charge in [0, 0.05) is 31.8 Å². The van der Waals surface area contributed by atoms with Crippen LogP contribution in [0.2, 0.25) is 0 Å². The maximum absolute atomic E-state index is 12.8. The first-order valence-corrected chi connectivity index (χ1v) is 11.8. The highest BCUT2D eigenvalue weighted by atomic mass is 32.2. The number of hydrogen-bond acceptors (Lipinski definition) is 6. The summed E-state index contributed by atoms with van der Waals surface area (Å²) in [6, 6.07) is 3.71. The largest absolute Gasteiger partial charge is 0.493 e. The lowest BCUT2D eigenvalue weighted by atomic mass is 9.99. The van der Waals surface area contributed by atoms with Gasteiger partial charge in [0.25, 0.3) is 5.91 Å². The Morgan fingerprint density at radius 2 is 2.03 bits per heavy atom. The fourth-order valence-electron chi connectivity index (χ4n) is 3.42. The number of piperidine rings is 1. The monoisotopic (exact) mass is 439 g/mol. The van der Waals surface area contributed by atoms with Crippen molar-refractivity contribution in [1.29, 1.82) is 0 Å². The topological polar surface area (TPSA) is 90.2 Å². The molecule has 1 fully saturated rings.